The predicted octanol–water partition coefficient (Wildman–Crippen LogP) is 4.58. The van der Waals surface area contributed by atoms with Crippen molar-refractivity contribution in [1.82, 2.24) is 20.7 Å². The molecule has 1 amide bonds. The van der Waals surface area contributed by atoms with Crippen LogP contribution >= 0.6 is 0 Å². The first-order chi connectivity index (χ1) is 17.3. The number of benzene rings is 2. The van der Waals surface area contributed by atoms with Gasteiger partial charge in [-0.25, -0.2) is 10.9 Å². The monoisotopic (exact) mass is 470 g/mol. The van der Waals surface area contributed by atoms with Crippen molar-refractivity contribution >= 4 is 5.91 Å². The highest BCUT2D eigenvalue weighted by Crippen LogP contribution is 2.29. The van der Waals surface area contributed by atoms with Crippen molar-refractivity contribution < 1.29 is 9.53 Å². The summed E-state index contributed by atoms with van der Waals surface area (Å²) in [6, 6.07) is 24.7. The highest BCUT2D eigenvalue weighted by Gasteiger charge is 2.36. The molecule has 2 aromatic carbocycles. The van der Waals surface area contributed by atoms with Crippen LogP contribution in [0.15, 0.2) is 79.0 Å². The van der Waals surface area contributed by atoms with Crippen molar-refractivity contribution in [2.24, 2.45) is 0 Å². The molecule has 6 nitrogen and oxygen atoms in total. The molecule has 2 unspecified atom stereocenters. The minimum Gasteiger partial charge on any atom is -0.493 e. The number of nitrogens with one attached hydrogen (secondary N) is 2. The van der Waals surface area contributed by atoms with Crippen LogP contribution in [-0.2, 0) is 17.8 Å². The fraction of sp³-hybridized carbons (Fsp3) is 0.379. The molecule has 1 aromatic heterocycles. The highest BCUT2D eigenvalue weighted by atomic mass is 16.5. The molecular weight excluding hydrogens is 436 g/mol. The van der Waals surface area contributed by atoms with Crippen molar-refractivity contribution in [1.29, 1.82) is 0 Å². The van der Waals surface area contributed by atoms with Crippen LogP contribution in [0.5, 0.6) is 5.75 Å². The van der Waals surface area contributed by atoms with Crippen LogP contribution in [0.3, 0.4) is 0 Å². The molecule has 2 atom stereocenters. The van der Waals surface area contributed by atoms with Crippen molar-refractivity contribution in [3.8, 4) is 5.75 Å². The summed E-state index contributed by atoms with van der Waals surface area (Å²) in [6.07, 6.45) is 7.90. The molecule has 6 heteroatoms. The van der Waals surface area contributed by atoms with Gasteiger partial charge in [0.2, 0.25) is 5.91 Å². The zero-order valence-electron chi connectivity index (χ0n) is 20.1. The van der Waals surface area contributed by atoms with E-state index in [0.717, 1.165) is 42.7 Å². The molecule has 0 bridgehead atoms. The SMILES string of the molecule is O=C(C1CC(c2ccccc2)NN1)N(Cc1ccc(OCCc2ccccn2)cc1)C1CCCC1. The Bertz CT molecular complexity index is 1070. The summed E-state index contributed by atoms with van der Waals surface area (Å²) >= 11 is 0. The molecule has 2 heterocycles. The molecule has 3 aromatic rings. The third kappa shape index (κ3) is 6.08. The van der Waals surface area contributed by atoms with Crippen LogP contribution in [0.2, 0.25) is 0 Å². The summed E-state index contributed by atoms with van der Waals surface area (Å²) in [5.74, 6) is 1.04. The molecule has 1 aliphatic carbocycles. The summed E-state index contributed by atoms with van der Waals surface area (Å²) in [4.78, 5) is 20.1. The number of carbonyl (C=O) groups excluding carboxylic acids is 1. The maximum Gasteiger partial charge on any atom is 0.241 e. The number of pyridine rings is 1. The molecule has 5 rings (SSSR count). The first kappa shape index (κ1) is 23.5. The molecule has 2 aliphatic rings. The van der Waals surface area contributed by atoms with Gasteiger partial charge in [-0.05, 0) is 54.7 Å². The molecule has 182 valence electrons. The lowest BCUT2D eigenvalue weighted by molar-refractivity contribution is -0.136. The smallest absolute Gasteiger partial charge is 0.241 e. The Labute approximate surface area is 207 Å². The molecule has 0 radical (unpaired) electrons. The van der Waals surface area contributed by atoms with Crippen LogP contribution in [0.25, 0.3) is 0 Å². The van der Waals surface area contributed by atoms with E-state index >= 15 is 0 Å². The Balaban J connectivity index is 1.20. The fourth-order valence-corrected chi connectivity index (χ4v) is 5.13. The largest absolute Gasteiger partial charge is 0.493 e. The zero-order chi connectivity index (χ0) is 23.9. The standard InChI is InChI=1S/C29H34N4O2/c34-29(28-20-27(31-32-28)23-8-2-1-3-9-23)33(25-11-4-5-12-25)21-22-13-15-26(16-14-22)35-19-17-24-10-6-7-18-30-24/h1-3,6-10,13-16,18,25,27-28,31-32H,4-5,11-12,17,19-21H2. The normalized spacial score (nSPS) is 20.1. The third-order valence-corrected chi connectivity index (χ3v) is 7.08. The van der Waals surface area contributed by atoms with E-state index in [4.69, 9.17) is 4.74 Å². The van der Waals surface area contributed by atoms with E-state index in [-0.39, 0.29) is 18.0 Å². The topological polar surface area (TPSA) is 66.5 Å². The Morgan fingerprint density at radius 2 is 1.71 bits per heavy atom. The van der Waals surface area contributed by atoms with Gasteiger partial charge in [0.15, 0.2) is 0 Å². The van der Waals surface area contributed by atoms with Crippen molar-refractivity contribution in [3.63, 3.8) is 0 Å². The lowest BCUT2D eigenvalue weighted by Crippen LogP contribution is -2.48. The van der Waals surface area contributed by atoms with E-state index in [1.54, 1.807) is 6.20 Å². The first-order valence-corrected chi connectivity index (χ1v) is 12.7. The van der Waals surface area contributed by atoms with Crippen molar-refractivity contribution in [3.05, 3.63) is 95.8 Å². The summed E-state index contributed by atoms with van der Waals surface area (Å²) in [5.41, 5.74) is 9.98. The van der Waals surface area contributed by atoms with Gasteiger partial charge in [0.1, 0.15) is 11.8 Å². The van der Waals surface area contributed by atoms with Gasteiger partial charge < -0.3 is 9.64 Å². The lowest BCUT2D eigenvalue weighted by Gasteiger charge is -2.31. The molecule has 2 fully saturated rings. The van der Waals surface area contributed by atoms with Crippen LogP contribution in [0, 0.1) is 0 Å². The van der Waals surface area contributed by atoms with E-state index in [9.17, 15) is 4.79 Å². The van der Waals surface area contributed by atoms with E-state index in [2.05, 4.69) is 45.0 Å². The minimum absolute atomic E-state index is 0.151. The molecule has 0 spiro atoms. The number of rotatable bonds is 9. The van der Waals surface area contributed by atoms with Crippen LogP contribution in [0.1, 0.15) is 55.0 Å². The maximum atomic E-state index is 13.6. The third-order valence-electron chi connectivity index (χ3n) is 7.08. The predicted molar refractivity (Wildman–Crippen MR) is 137 cm³/mol. The van der Waals surface area contributed by atoms with E-state index < -0.39 is 0 Å². The van der Waals surface area contributed by atoms with Gasteiger partial charge in [-0.2, -0.15) is 0 Å². The summed E-state index contributed by atoms with van der Waals surface area (Å²) in [7, 11) is 0. The average Bonchev–Trinajstić information content (AvgIpc) is 3.62. The summed E-state index contributed by atoms with van der Waals surface area (Å²) in [6.45, 7) is 1.22. The van der Waals surface area contributed by atoms with E-state index in [1.807, 2.05) is 48.5 Å². The average molecular weight is 471 g/mol. The number of ether oxygens (including phenoxy) is 1. The summed E-state index contributed by atoms with van der Waals surface area (Å²) < 4.78 is 5.91. The number of carbonyl (C=O) groups is 1. The highest BCUT2D eigenvalue weighted by molar-refractivity contribution is 5.82. The van der Waals surface area contributed by atoms with Crippen LogP contribution in [0.4, 0.5) is 0 Å². The Morgan fingerprint density at radius 3 is 2.46 bits per heavy atom. The second-order valence-electron chi connectivity index (χ2n) is 9.51. The van der Waals surface area contributed by atoms with Gasteiger partial charge in [0, 0.05) is 36.9 Å². The van der Waals surface area contributed by atoms with Crippen molar-refractivity contribution in [2.75, 3.05) is 6.61 Å². The molecular formula is C29H34N4O2. The Morgan fingerprint density at radius 1 is 0.943 bits per heavy atom. The second-order valence-corrected chi connectivity index (χ2v) is 9.51. The zero-order valence-corrected chi connectivity index (χ0v) is 20.1. The second kappa shape index (κ2) is 11.5. The molecule has 1 saturated carbocycles. The van der Waals surface area contributed by atoms with Gasteiger partial charge in [-0.1, -0.05) is 61.4 Å². The van der Waals surface area contributed by atoms with Gasteiger partial charge >= 0.3 is 0 Å². The minimum atomic E-state index is -0.213. The Kier molecular flexibility index (Phi) is 7.71. The number of hydrazine groups is 1. The quantitative estimate of drug-likeness (QED) is 0.479. The van der Waals surface area contributed by atoms with E-state index in [1.165, 1.54) is 18.4 Å². The number of nitrogens with zero attached hydrogens (tertiary/aromatic N) is 2. The number of amides is 1. The van der Waals surface area contributed by atoms with E-state index in [0.29, 0.717) is 19.2 Å². The van der Waals surface area contributed by atoms with Gasteiger partial charge in [-0.3, -0.25) is 9.78 Å². The number of aromatic nitrogens is 1. The fourth-order valence-electron chi connectivity index (χ4n) is 5.13. The first-order valence-electron chi connectivity index (χ1n) is 12.7. The number of hydrogen-bond acceptors (Lipinski definition) is 5. The lowest BCUT2D eigenvalue weighted by atomic mass is 10.0. The molecule has 1 saturated heterocycles. The molecule has 35 heavy (non-hydrogen) atoms. The molecule has 2 N–H and O–H groups in total. The van der Waals surface area contributed by atoms with Crippen LogP contribution < -0.4 is 15.6 Å². The maximum absolute atomic E-state index is 13.6. The summed E-state index contributed by atoms with van der Waals surface area (Å²) in [5, 5.41) is 0. The number of hydrogen-bond donors (Lipinski definition) is 2. The van der Waals surface area contributed by atoms with Crippen molar-refractivity contribution in [2.45, 2.75) is 63.2 Å². The van der Waals surface area contributed by atoms with Gasteiger partial charge in [-0.15, -0.1) is 0 Å². The molecule has 1 aliphatic heterocycles. The van der Waals surface area contributed by atoms with Gasteiger partial charge in [0.05, 0.1) is 6.61 Å². The Hall–Kier alpha value is -3.22. The van der Waals surface area contributed by atoms with Crippen LogP contribution in [-0.4, -0.2) is 34.5 Å². The van der Waals surface area contributed by atoms with Gasteiger partial charge in [0.25, 0.3) is 0 Å².